The molecule has 0 rings (SSSR count). The summed E-state index contributed by atoms with van der Waals surface area (Å²) in [5.41, 5.74) is -0.236. The predicted octanol–water partition coefficient (Wildman–Crippen LogP) is 2.04. The standard InChI is InChI=1S/C8H17NO2/c1-7(2)11-8(3,4)5-6-9-10/h6-7,10H,5H2,1-4H3/b9-6+. The van der Waals surface area contributed by atoms with Gasteiger partial charge in [-0.25, -0.2) is 0 Å². The van der Waals surface area contributed by atoms with Crippen LogP contribution in [0.25, 0.3) is 0 Å². The van der Waals surface area contributed by atoms with Crippen LogP contribution in [0.5, 0.6) is 0 Å². The molecule has 3 nitrogen and oxygen atoms in total. The highest BCUT2D eigenvalue weighted by Gasteiger charge is 2.18. The number of hydrogen-bond acceptors (Lipinski definition) is 3. The van der Waals surface area contributed by atoms with Gasteiger partial charge in [-0.15, -0.1) is 5.16 Å². The summed E-state index contributed by atoms with van der Waals surface area (Å²) in [6.07, 6.45) is 2.28. The summed E-state index contributed by atoms with van der Waals surface area (Å²) in [5.74, 6) is 0. The number of rotatable bonds is 4. The van der Waals surface area contributed by atoms with Crippen molar-refractivity contribution < 1.29 is 9.94 Å². The summed E-state index contributed by atoms with van der Waals surface area (Å²) in [7, 11) is 0. The third-order valence-electron chi connectivity index (χ3n) is 1.22. The summed E-state index contributed by atoms with van der Waals surface area (Å²) in [4.78, 5) is 0. The summed E-state index contributed by atoms with van der Waals surface area (Å²) in [5, 5.41) is 11.1. The number of nitrogens with zero attached hydrogens (tertiary/aromatic N) is 1. The lowest BCUT2D eigenvalue weighted by Gasteiger charge is -2.25. The topological polar surface area (TPSA) is 41.8 Å². The monoisotopic (exact) mass is 159 g/mol. The smallest absolute Gasteiger partial charge is 0.0680 e. The van der Waals surface area contributed by atoms with Gasteiger partial charge in [-0.1, -0.05) is 0 Å². The minimum atomic E-state index is -0.236. The molecule has 0 aliphatic heterocycles. The lowest BCUT2D eigenvalue weighted by molar-refractivity contribution is -0.0499. The van der Waals surface area contributed by atoms with E-state index in [0.717, 1.165) is 0 Å². The van der Waals surface area contributed by atoms with Gasteiger partial charge in [0.05, 0.1) is 11.7 Å². The molecule has 0 heterocycles. The average Bonchev–Trinajstić information content (AvgIpc) is 1.81. The predicted molar refractivity (Wildman–Crippen MR) is 45.2 cm³/mol. The van der Waals surface area contributed by atoms with E-state index in [-0.39, 0.29) is 11.7 Å². The molecule has 0 atom stereocenters. The van der Waals surface area contributed by atoms with Gasteiger partial charge in [-0.3, -0.25) is 0 Å². The maximum atomic E-state index is 8.18. The first-order chi connectivity index (χ1) is 4.98. The van der Waals surface area contributed by atoms with Gasteiger partial charge >= 0.3 is 0 Å². The second-order valence-corrected chi connectivity index (χ2v) is 3.43. The fourth-order valence-electron chi connectivity index (χ4n) is 0.947. The fraction of sp³-hybridized carbons (Fsp3) is 0.875. The molecule has 11 heavy (non-hydrogen) atoms. The molecule has 0 spiro atoms. The van der Waals surface area contributed by atoms with Crippen LogP contribution in [0.15, 0.2) is 5.16 Å². The van der Waals surface area contributed by atoms with Crippen LogP contribution in [0.4, 0.5) is 0 Å². The largest absolute Gasteiger partial charge is 0.411 e. The quantitative estimate of drug-likeness (QED) is 0.387. The third kappa shape index (κ3) is 5.85. The molecule has 1 N–H and O–H groups in total. The molecule has 0 aromatic rings. The molecule has 0 saturated carbocycles. The molecule has 0 aliphatic carbocycles. The van der Waals surface area contributed by atoms with E-state index in [1.165, 1.54) is 6.21 Å². The molecular weight excluding hydrogens is 142 g/mol. The summed E-state index contributed by atoms with van der Waals surface area (Å²) in [6, 6.07) is 0. The van der Waals surface area contributed by atoms with Crippen LogP contribution < -0.4 is 0 Å². The molecular formula is C8H17NO2. The second kappa shape index (κ2) is 4.34. The maximum absolute atomic E-state index is 8.18. The SMILES string of the molecule is CC(C)OC(C)(C)C/C=N/O. The van der Waals surface area contributed by atoms with E-state index in [9.17, 15) is 0 Å². The van der Waals surface area contributed by atoms with Gasteiger partial charge in [0.1, 0.15) is 0 Å². The Morgan fingerprint density at radius 2 is 2.09 bits per heavy atom. The first kappa shape index (κ1) is 10.4. The molecule has 0 radical (unpaired) electrons. The Kier molecular flexibility index (Phi) is 4.11. The van der Waals surface area contributed by atoms with Crippen LogP contribution in [0.1, 0.15) is 34.1 Å². The van der Waals surface area contributed by atoms with E-state index in [4.69, 9.17) is 9.94 Å². The minimum Gasteiger partial charge on any atom is -0.411 e. The maximum Gasteiger partial charge on any atom is 0.0680 e. The highest BCUT2D eigenvalue weighted by molar-refractivity contribution is 5.57. The highest BCUT2D eigenvalue weighted by atomic mass is 16.5. The van der Waals surface area contributed by atoms with Gasteiger partial charge in [-0.2, -0.15) is 0 Å². The number of ether oxygens (including phenoxy) is 1. The summed E-state index contributed by atoms with van der Waals surface area (Å²) >= 11 is 0. The van der Waals surface area contributed by atoms with Crippen molar-refractivity contribution in [3.05, 3.63) is 0 Å². The van der Waals surface area contributed by atoms with Gasteiger partial charge < -0.3 is 9.94 Å². The summed E-state index contributed by atoms with van der Waals surface area (Å²) in [6.45, 7) is 7.90. The van der Waals surface area contributed by atoms with Crippen molar-refractivity contribution in [2.45, 2.75) is 45.8 Å². The third-order valence-corrected chi connectivity index (χ3v) is 1.22. The lowest BCUT2D eigenvalue weighted by atomic mass is 10.1. The van der Waals surface area contributed by atoms with Gasteiger partial charge in [0.25, 0.3) is 0 Å². The molecule has 0 fully saturated rings. The fourth-order valence-corrected chi connectivity index (χ4v) is 0.947. The molecule has 0 aromatic carbocycles. The Labute approximate surface area is 68.1 Å². The van der Waals surface area contributed by atoms with E-state index < -0.39 is 0 Å². The van der Waals surface area contributed by atoms with Crippen LogP contribution in [0.2, 0.25) is 0 Å². The first-order valence-corrected chi connectivity index (χ1v) is 3.81. The zero-order valence-corrected chi connectivity index (χ0v) is 7.66. The molecule has 0 unspecified atom stereocenters. The second-order valence-electron chi connectivity index (χ2n) is 3.43. The van der Waals surface area contributed by atoms with Gasteiger partial charge in [0.15, 0.2) is 0 Å². The van der Waals surface area contributed by atoms with Crippen molar-refractivity contribution in [2.75, 3.05) is 0 Å². The van der Waals surface area contributed by atoms with Crippen molar-refractivity contribution >= 4 is 6.21 Å². The lowest BCUT2D eigenvalue weighted by Crippen LogP contribution is -2.28. The van der Waals surface area contributed by atoms with Crippen molar-refractivity contribution in [3.8, 4) is 0 Å². The van der Waals surface area contributed by atoms with E-state index in [1.807, 2.05) is 27.7 Å². The molecule has 66 valence electrons. The van der Waals surface area contributed by atoms with Crippen LogP contribution >= 0.6 is 0 Å². The highest BCUT2D eigenvalue weighted by Crippen LogP contribution is 2.14. The van der Waals surface area contributed by atoms with Crippen LogP contribution in [-0.4, -0.2) is 23.1 Å². The molecule has 0 saturated heterocycles. The van der Waals surface area contributed by atoms with Gasteiger partial charge in [0.2, 0.25) is 0 Å². The van der Waals surface area contributed by atoms with Crippen molar-refractivity contribution in [3.63, 3.8) is 0 Å². The minimum absolute atomic E-state index is 0.206. The van der Waals surface area contributed by atoms with Gasteiger partial charge in [0, 0.05) is 12.6 Å². The number of oxime groups is 1. The molecule has 0 amide bonds. The van der Waals surface area contributed by atoms with Crippen molar-refractivity contribution in [2.24, 2.45) is 5.16 Å². The molecule has 0 aliphatic rings. The van der Waals surface area contributed by atoms with Crippen LogP contribution in [0, 0.1) is 0 Å². The Morgan fingerprint density at radius 3 is 2.45 bits per heavy atom. The zero-order chi connectivity index (χ0) is 8.91. The van der Waals surface area contributed by atoms with Crippen LogP contribution in [0.3, 0.4) is 0 Å². The Morgan fingerprint density at radius 1 is 1.55 bits per heavy atom. The molecule has 0 bridgehead atoms. The average molecular weight is 159 g/mol. The Bertz CT molecular complexity index is 130. The van der Waals surface area contributed by atoms with E-state index in [2.05, 4.69) is 5.16 Å². The Hall–Kier alpha value is -0.570. The normalized spacial score (nSPS) is 13.2. The zero-order valence-electron chi connectivity index (χ0n) is 7.66. The van der Waals surface area contributed by atoms with E-state index in [0.29, 0.717) is 6.42 Å². The molecule has 3 heteroatoms. The molecule has 0 aromatic heterocycles. The van der Waals surface area contributed by atoms with Gasteiger partial charge in [-0.05, 0) is 27.7 Å². The van der Waals surface area contributed by atoms with E-state index >= 15 is 0 Å². The Balaban J connectivity index is 3.79. The summed E-state index contributed by atoms with van der Waals surface area (Å²) < 4.78 is 5.54. The van der Waals surface area contributed by atoms with E-state index in [1.54, 1.807) is 0 Å². The van der Waals surface area contributed by atoms with Crippen LogP contribution in [-0.2, 0) is 4.74 Å². The number of hydrogen-bond donors (Lipinski definition) is 1. The first-order valence-electron chi connectivity index (χ1n) is 3.81. The van der Waals surface area contributed by atoms with Crippen molar-refractivity contribution in [1.82, 2.24) is 0 Å². The van der Waals surface area contributed by atoms with Crippen molar-refractivity contribution in [1.29, 1.82) is 0 Å².